The van der Waals surface area contributed by atoms with E-state index in [1.807, 2.05) is 60.7 Å². The number of nitrogens with two attached hydrogens (primary N) is 1. The van der Waals surface area contributed by atoms with Gasteiger partial charge in [0.1, 0.15) is 6.04 Å². The molecule has 0 fully saturated rings. The normalized spacial score (nSPS) is 13.3. The van der Waals surface area contributed by atoms with Crippen LogP contribution in [0.1, 0.15) is 17.5 Å². The fraction of sp³-hybridized carbons (Fsp3) is 0.333. The Labute approximate surface area is 176 Å². The molecular weight excluding hydrogens is 406 g/mol. The zero-order chi connectivity index (χ0) is 22.0. The Hall–Kier alpha value is -2.75. The van der Waals surface area contributed by atoms with E-state index in [4.69, 9.17) is 10.3 Å². The molecule has 0 spiro atoms. The van der Waals surface area contributed by atoms with Crippen LogP contribution in [0, 0.1) is 0 Å². The van der Waals surface area contributed by atoms with Gasteiger partial charge < -0.3 is 16.4 Å². The summed E-state index contributed by atoms with van der Waals surface area (Å²) in [6, 6.07) is 17.0. The van der Waals surface area contributed by atoms with Crippen LogP contribution in [0.25, 0.3) is 0 Å². The molecule has 0 saturated carbocycles. The summed E-state index contributed by atoms with van der Waals surface area (Å²) in [6.45, 7) is -0.258. The monoisotopic (exact) mass is 433 g/mol. The molecule has 2 amide bonds. The van der Waals surface area contributed by atoms with Crippen molar-refractivity contribution in [2.24, 2.45) is 5.73 Å². The Morgan fingerprint density at radius 2 is 1.50 bits per heavy atom. The van der Waals surface area contributed by atoms with Crippen LogP contribution in [0.15, 0.2) is 60.7 Å². The second-order valence-electron chi connectivity index (χ2n) is 6.96. The number of carbonyl (C=O) groups excluding carboxylic acids is 2. The molecule has 9 heteroatoms. The van der Waals surface area contributed by atoms with Crippen molar-refractivity contribution in [1.82, 2.24) is 10.6 Å². The Kier molecular flexibility index (Phi) is 8.97. The van der Waals surface area contributed by atoms with E-state index in [-0.39, 0.29) is 6.54 Å². The fourth-order valence-corrected chi connectivity index (χ4v) is 3.25. The fourth-order valence-electron chi connectivity index (χ4n) is 2.89. The Morgan fingerprint density at radius 3 is 2.07 bits per heavy atom. The highest BCUT2D eigenvalue weighted by molar-refractivity contribution is 7.85. The molecule has 2 rings (SSSR count). The van der Waals surface area contributed by atoms with Crippen LogP contribution in [0.4, 0.5) is 0 Å². The molecule has 0 unspecified atom stereocenters. The minimum atomic E-state index is -4.19. The number of hydrogen-bond acceptors (Lipinski definition) is 5. The molecular formula is C21H27N3O5S. The second kappa shape index (κ2) is 11.4. The van der Waals surface area contributed by atoms with E-state index in [2.05, 4.69) is 10.6 Å². The Balaban J connectivity index is 1.99. The van der Waals surface area contributed by atoms with Gasteiger partial charge in [0, 0.05) is 6.54 Å². The van der Waals surface area contributed by atoms with Gasteiger partial charge in [-0.25, -0.2) is 0 Å². The summed E-state index contributed by atoms with van der Waals surface area (Å²) in [5.41, 5.74) is 7.90. The highest BCUT2D eigenvalue weighted by atomic mass is 32.2. The van der Waals surface area contributed by atoms with Gasteiger partial charge in [-0.15, -0.1) is 0 Å². The Morgan fingerprint density at radius 1 is 0.933 bits per heavy atom. The van der Waals surface area contributed by atoms with E-state index >= 15 is 0 Å². The van der Waals surface area contributed by atoms with Crippen molar-refractivity contribution in [3.8, 4) is 0 Å². The third kappa shape index (κ3) is 8.73. The topological polar surface area (TPSA) is 139 Å². The molecule has 0 aromatic heterocycles. The minimum Gasteiger partial charge on any atom is -0.353 e. The molecule has 8 nitrogen and oxygen atoms in total. The van der Waals surface area contributed by atoms with Gasteiger partial charge in [-0.3, -0.25) is 14.1 Å². The molecule has 0 saturated heterocycles. The van der Waals surface area contributed by atoms with Crippen molar-refractivity contribution in [3.63, 3.8) is 0 Å². The first-order chi connectivity index (χ1) is 14.2. The first-order valence-electron chi connectivity index (χ1n) is 9.61. The lowest BCUT2D eigenvalue weighted by molar-refractivity contribution is -0.129. The summed E-state index contributed by atoms with van der Waals surface area (Å²) in [4.78, 5) is 25.1. The van der Waals surface area contributed by atoms with Gasteiger partial charge in [-0.05, 0) is 30.4 Å². The number of amides is 2. The maximum atomic E-state index is 12.6. The molecule has 30 heavy (non-hydrogen) atoms. The number of benzene rings is 2. The zero-order valence-corrected chi connectivity index (χ0v) is 17.3. The molecule has 0 aliphatic rings. The lowest BCUT2D eigenvalue weighted by Gasteiger charge is -2.21. The number of aryl methyl sites for hydroxylation is 1. The SMILES string of the molecule is N[C@@H](Cc1ccccc1)C(=O)N[C@@H](CCc1ccccc1)C(=O)NCCS(=O)(=O)O. The highest BCUT2D eigenvalue weighted by Gasteiger charge is 2.24. The predicted octanol–water partition coefficient (Wildman–Crippen LogP) is 0.678. The highest BCUT2D eigenvalue weighted by Crippen LogP contribution is 2.07. The van der Waals surface area contributed by atoms with Crippen molar-refractivity contribution in [2.75, 3.05) is 12.3 Å². The zero-order valence-electron chi connectivity index (χ0n) is 16.5. The Bertz CT molecular complexity index is 920. The summed E-state index contributed by atoms with van der Waals surface area (Å²) in [5.74, 6) is -1.61. The molecule has 0 aliphatic heterocycles. The van der Waals surface area contributed by atoms with Crippen molar-refractivity contribution in [3.05, 3.63) is 71.8 Å². The molecule has 5 N–H and O–H groups in total. The van der Waals surface area contributed by atoms with Gasteiger partial charge in [-0.2, -0.15) is 8.42 Å². The molecule has 162 valence electrons. The molecule has 0 bridgehead atoms. The van der Waals surface area contributed by atoms with Crippen LogP contribution < -0.4 is 16.4 Å². The third-order valence-corrected chi connectivity index (χ3v) is 5.21. The molecule has 0 heterocycles. The number of nitrogens with one attached hydrogen (secondary N) is 2. The molecule has 0 aliphatic carbocycles. The number of carbonyl (C=O) groups is 2. The van der Waals surface area contributed by atoms with E-state index in [1.165, 1.54) is 0 Å². The van der Waals surface area contributed by atoms with E-state index in [9.17, 15) is 18.0 Å². The third-order valence-electron chi connectivity index (χ3n) is 4.49. The summed E-state index contributed by atoms with van der Waals surface area (Å²) in [6.07, 6.45) is 1.17. The van der Waals surface area contributed by atoms with E-state index < -0.39 is 39.8 Å². The predicted molar refractivity (Wildman–Crippen MR) is 114 cm³/mol. The second-order valence-corrected chi connectivity index (χ2v) is 8.53. The van der Waals surface area contributed by atoms with E-state index in [0.29, 0.717) is 19.3 Å². The summed E-state index contributed by atoms with van der Waals surface area (Å²) in [5, 5.41) is 5.10. The van der Waals surface area contributed by atoms with Crippen molar-refractivity contribution >= 4 is 21.9 Å². The van der Waals surface area contributed by atoms with E-state index in [1.54, 1.807) is 0 Å². The molecule has 2 aromatic carbocycles. The maximum absolute atomic E-state index is 12.6. The van der Waals surface area contributed by atoms with Gasteiger partial charge in [0.25, 0.3) is 10.1 Å². The lowest BCUT2D eigenvalue weighted by atomic mass is 10.0. The molecule has 2 aromatic rings. The van der Waals surface area contributed by atoms with E-state index in [0.717, 1.165) is 11.1 Å². The lowest BCUT2D eigenvalue weighted by Crippen LogP contribution is -2.52. The van der Waals surface area contributed by atoms with Crippen LogP contribution in [-0.4, -0.2) is 49.2 Å². The average Bonchev–Trinajstić information content (AvgIpc) is 2.71. The standard InChI is InChI=1S/C21H27N3O5S/c22-18(15-17-9-5-2-6-10-17)20(25)24-19(12-11-16-7-3-1-4-8-16)21(26)23-13-14-30(27,28)29/h1-10,18-19H,11-15,22H2,(H,23,26)(H,24,25)(H,27,28,29)/t18-,19-/m0/s1. The largest absolute Gasteiger partial charge is 0.353 e. The first kappa shape index (κ1) is 23.5. The van der Waals surface area contributed by atoms with Crippen molar-refractivity contribution in [1.29, 1.82) is 0 Å². The smallest absolute Gasteiger partial charge is 0.266 e. The summed E-state index contributed by atoms with van der Waals surface area (Å²) >= 11 is 0. The van der Waals surface area contributed by atoms with Gasteiger partial charge in [0.2, 0.25) is 11.8 Å². The quantitative estimate of drug-likeness (QED) is 0.384. The minimum absolute atomic E-state index is 0.258. The van der Waals surface area contributed by atoms with Crippen LogP contribution in [0.5, 0.6) is 0 Å². The van der Waals surface area contributed by atoms with Gasteiger partial charge in [0.15, 0.2) is 0 Å². The molecule has 0 radical (unpaired) electrons. The van der Waals surface area contributed by atoms with Gasteiger partial charge in [-0.1, -0.05) is 60.7 Å². The number of rotatable bonds is 11. The van der Waals surface area contributed by atoms with Crippen LogP contribution >= 0.6 is 0 Å². The van der Waals surface area contributed by atoms with Crippen molar-refractivity contribution < 1.29 is 22.6 Å². The van der Waals surface area contributed by atoms with Gasteiger partial charge in [0.05, 0.1) is 11.8 Å². The number of hydrogen-bond donors (Lipinski definition) is 4. The van der Waals surface area contributed by atoms with Crippen LogP contribution in [-0.2, 0) is 32.5 Å². The van der Waals surface area contributed by atoms with Crippen LogP contribution in [0.2, 0.25) is 0 Å². The molecule has 2 atom stereocenters. The average molecular weight is 434 g/mol. The summed E-state index contributed by atoms with van der Waals surface area (Å²) in [7, 11) is -4.19. The summed E-state index contributed by atoms with van der Waals surface area (Å²) < 4.78 is 30.5. The first-order valence-corrected chi connectivity index (χ1v) is 11.2. The maximum Gasteiger partial charge on any atom is 0.266 e. The van der Waals surface area contributed by atoms with Crippen molar-refractivity contribution in [2.45, 2.75) is 31.3 Å². The van der Waals surface area contributed by atoms with Gasteiger partial charge >= 0.3 is 0 Å². The van der Waals surface area contributed by atoms with Crippen LogP contribution in [0.3, 0.4) is 0 Å².